The fraction of sp³-hybridized carbons (Fsp3) is 0.200. The van der Waals surface area contributed by atoms with Crippen molar-refractivity contribution in [3.8, 4) is 69.0 Å². The Hall–Kier alpha value is -5.15. The van der Waals surface area contributed by atoms with Crippen LogP contribution in [0.5, 0.6) is 69.0 Å². The van der Waals surface area contributed by atoms with Crippen LogP contribution in [0.3, 0.4) is 0 Å². The minimum Gasteiger partial charge on any atom is -0.870 e. The largest absolute Gasteiger partial charge is 1.00 e. The van der Waals surface area contributed by atoms with Crippen molar-refractivity contribution < 1.29 is 87.9 Å². The molecule has 9 rings (SSSR count). The van der Waals surface area contributed by atoms with Gasteiger partial charge in [0.2, 0.25) is 0 Å². The third-order valence-corrected chi connectivity index (χ3v) is 8.40. The average Bonchev–Trinajstić information content (AvgIpc) is 4.06. The van der Waals surface area contributed by atoms with Gasteiger partial charge in [-0.15, -0.1) is 11.6 Å². The Morgan fingerprint density at radius 3 is 0.932 bits per heavy atom. The summed E-state index contributed by atoms with van der Waals surface area (Å²) in [5, 5.41) is 18.9. The Labute approximate surface area is 369 Å². The Morgan fingerprint density at radius 2 is 0.678 bits per heavy atom. The minimum atomic E-state index is 0. The number of hydrogen-bond acceptors (Lipinski definition) is 12. The van der Waals surface area contributed by atoms with E-state index in [-0.39, 0.29) is 58.7 Å². The van der Waals surface area contributed by atoms with Gasteiger partial charge in [0.25, 0.3) is 0 Å². The third-order valence-electron chi connectivity index (χ3n) is 8.05. The average molecular weight is 833 g/mol. The van der Waals surface area contributed by atoms with Crippen molar-refractivity contribution in [2.24, 2.45) is 0 Å². The summed E-state index contributed by atoms with van der Waals surface area (Å²) < 4.78 is 49.8. The molecule has 0 radical (unpaired) electrons. The molecule has 3 N–H and O–H groups in total. The molecule has 59 heavy (non-hydrogen) atoms. The van der Waals surface area contributed by atoms with Gasteiger partial charge >= 0.3 is 29.6 Å². The van der Waals surface area contributed by atoms with Crippen molar-refractivity contribution in [1.82, 2.24) is 0 Å². The van der Waals surface area contributed by atoms with Crippen LogP contribution in [0.2, 0.25) is 0 Å². The van der Waals surface area contributed by atoms with E-state index in [0.717, 1.165) is 31.3 Å². The van der Waals surface area contributed by atoms with E-state index in [1.807, 2.05) is 72.8 Å². The number of hydrogen-bond donors (Lipinski definition) is 2. The second-order valence-electron chi connectivity index (χ2n) is 12.9. The van der Waals surface area contributed by atoms with Crippen LogP contribution in [0.4, 0.5) is 0 Å². The molecule has 0 bridgehead atoms. The summed E-state index contributed by atoms with van der Waals surface area (Å²) in [6.07, 6.45) is 0.834. The molecule has 12 nitrogen and oxygen atoms in total. The van der Waals surface area contributed by atoms with Gasteiger partial charge in [0.15, 0.2) is 0 Å². The number of halogens is 1. The first-order valence-electron chi connectivity index (χ1n) is 18.3. The summed E-state index contributed by atoms with van der Waals surface area (Å²) in [4.78, 5) is 0. The summed E-state index contributed by atoms with van der Waals surface area (Å²) in [5.74, 6) is 7.44. The second-order valence-corrected chi connectivity index (χ2v) is 13.3. The number of ether oxygens (including phenoxy) is 9. The SMILES string of the molecule is ClCC1CO1.Oc1cccc(Oc2cccc(Oc3cccc(O)c3)c2)c1.[Na+].[OH-].c1cc(OCC2CO2)cc(Oc2cccc(Oc3cccc(OCC4CO4)c3)c2)c1. The molecule has 3 atom stereocenters. The van der Waals surface area contributed by atoms with Gasteiger partial charge in [0, 0.05) is 36.4 Å². The Balaban J connectivity index is 0.000000201. The van der Waals surface area contributed by atoms with Crippen molar-refractivity contribution in [3.05, 3.63) is 146 Å². The van der Waals surface area contributed by atoms with Gasteiger partial charge in [0.1, 0.15) is 94.4 Å². The normalized spacial score (nSPS) is 16.4. The topological polar surface area (TPSA) is 163 Å². The number of epoxide rings is 3. The van der Waals surface area contributed by atoms with E-state index in [9.17, 15) is 10.2 Å². The van der Waals surface area contributed by atoms with Crippen LogP contribution in [0.15, 0.2) is 146 Å². The number of aromatic hydroxyl groups is 2. The molecule has 0 aromatic heterocycles. The van der Waals surface area contributed by atoms with Gasteiger partial charge in [0.05, 0.1) is 31.8 Å². The zero-order valence-corrected chi connectivity index (χ0v) is 35.0. The predicted molar refractivity (Wildman–Crippen MR) is 215 cm³/mol. The van der Waals surface area contributed by atoms with Crippen LogP contribution in [-0.2, 0) is 14.2 Å². The van der Waals surface area contributed by atoms with Crippen LogP contribution in [0.1, 0.15) is 0 Å². The van der Waals surface area contributed by atoms with Gasteiger partial charge in [-0.3, -0.25) is 0 Å². The molecule has 6 aromatic carbocycles. The van der Waals surface area contributed by atoms with Crippen molar-refractivity contribution in [1.29, 1.82) is 0 Å². The molecule has 3 saturated heterocycles. The van der Waals surface area contributed by atoms with Crippen LogP contribution in [0.25, 0.3) is 0 Å². The first kappa shape index (κ1) is 44.9. The Morgan fingerprint density at radius 1 is 0.424 bits per heavy atom. The summed E-state index contributed by atoms with van der Waals surface area (Å²) in [5.41, 5.74) is 0. The van der Waals surface area contributed by atoms with Crippen LogP contribution in [0, 0.1) is 0 Å². The number of phenols is 2. The number of benzene rings is 6. The van der Waals surface area contributed by atoms with Gasteiger partial charge < -0.3 is 58.3 Å². The standard InChI is InChI=1S/C24H22O6.C18H14O4.C3H5ClO.Na.H2O/c1-4-17(25-13-23-15-27-23)10-19(6-1)29-21-8-3-9-22(12-21)30-20-7-2-5-18(11-20)26-14-24-16-28-24;19-13-4-1-6-15(10-13)21-17-8-3-9-18(12-17)22-16-7-2-5-14(20)11-16;4-1-3-2-5-3;;/h1-12,23-24H,13-16H2;1-12,19-20H;3H,1-2H2;;1H2/q;;;+1;/p-1. The molecule has 3 aliphatic rings. The van der Waals surface area contributed by atoms with Crippen molar-refractivity contribution in [3.63, 3.8) is 0 Å². The molecule has 14 heteroatoms. The molecule has 0 amide bonds. The van der Waals surface area contributed by atoms with E-state index < -0.39 is 0 Å². The first-order chi connectivity index (χ1) is 27.9. The summed E-state index contributed by atoms with van der Waals surface area (Å²) in [6.45, 7) is 3.54. The molecule has 3 aliphatic heterocycles. The van der Waals surface area contributed by atoms with Gasteiger partial charge in [-0.2, -0.15) is 0 Å². The molecule has 302 valence electrons. The van der Waals surface area contributed by atoms with Gasteiger partial charge in [-0.25, -0.2) is 0 Å². The predicted octanol–water partition coefficient (Wildman–Crippen LogP) is 6.96. The zero-order valence-electron chi connectivity index (χ0n) is 32.2. The maximum atomic E-state index is 9.44. The molecule has 0 saturated carbocycles. The molecule has 3 fully saturated rings. The number of phenolic OH excluding ortho intramolecular Hbond substituents is 2. The van der Waals surface area contributed by atoms with Crippen LogP contribution >= 0.6 is 11.6 Å². The second kappa shape index (κ2) is 22.9. The molecule has 3 unspecified atom stereocenters. The Bertz CT molecular complexity index is 2060. The van der Waals surface area contributed by atoms with Crippen molar-refractivity contribution >= 4 is 11.6 Å². The first-order valence-corrected chi connectivity index (χ1v) is 18.8. The molecular formula is C45H42ClNaO12. The zero-order chi connectivity index (χ0) is 39.2. The monoisotopic (exact) mass is 832 g/mol. The van der Waals surface area contributed by atoms with Crippen molar-refractivity contribution in [2.75, 3.05) is 38.9 Å². The molecule has 0 aliphatic carbocycles. The molecule has 3 heterocycles. The molecular weight excluding hydrogens is 791 g/mol. The smallest absolute Gasteiger partial charge is 0.870 e. The van der Waals surface area contributed by atoms with E-state index in [0.29, 0.717) is 71.2 Å². The quantitative estimate of drug-likeness (QED) is 0.0623. The van der Waals surface area contributed by atoms with E-state index in [4.69, 9.17) is 54.2 Å². The minimum absolute atomic E-state index is 0. The summed E-state index contributed by atoms with van der Waals surface area (Å²) in [7, 11) is 0. The van der Waals surface area contributed by atoms with E-state index >= 15 is 0 Å². The summed E-state index contributed by atoms with van der Waals surface area (Å²) in [6, 6.07) is 42.8. The Kier molecular flexibility index (Phi) is 17.4. The van der Waals surface area contributed by atoms with E-state index in [1.54, 1.807) is 60.7 Å². The van der Waals surface area contributed by atoms with Crippen LogP contribution < -0.4 is 58.0 Å². The molecule has 0 spiro atoms. The summed E-state index contributed by atoms with van der Waals surface area (Å²) >= 11 is 5.27. The maximum absolute atomic E-state index is 9.44. The maximum Gasteiger partial charge on any atom is 1.00 e. The van der Waals surface area contributed by atoms with E-state index in [1.165, 1.54) is 12.1 Å². The number of rotatable bonds is 15. The van der Waals surface area contributed by atoms with Gasteiger partial charge in [-0.05, 0) is 72.8 Å². The van der Waals surface area contributed by atoms with E-state index in [2.05, 4.69) is 0 Å². The molecule has 6 aromatic rings. The van der Waals surface area contributed by atoms with Crippen molar-refractivity contribution in [2.45, 2.75) is 18.3 Å². The number of alkyl halides is 1. The van der Waals surface area contributed by atoms with Crippen LogP contribution in [-0.4, -0.2) is 72.9 Å². The fourth-order valence-electron chi connectivity index (χ4n) is 4.96. The third kappa shape index (κ3) is 16.2. The fourth-order valence-corrected chi connectivity index (χ4v) is 5.14. The van der Waals surface area contributed by atoms with Gasteiger partial charge in [-0.1, -0.05) is 36.4 Å².